The Morgan fingerprint density at radius 3 is 2.64 bits per heavy atom. The van der Waals surface area contributed by atoms with Crippen molar-refractivity contribution in [2.75, 3.05) is 6.54 Å². The van der Waals surface area contributed by atoms with Crippen molar-refractivity contribution in [2.24, 2.45) is 0 Å². The van der Waals surface area contributed by atoms with Crippen molar-refractivity contribution in [2.45, 2.75) is 31.8 Å². The van der Waals surface area contributed by atoms with E-state index in [2.05, 4.69) is 21.2 Å². The molecule has 1 aliphatic carbocycles. The molecule has 0 aliphatic heterocycles. The lowest BCUT2D eigenvalue weighted by Gasteiger charge is -2.26. The molecule has 0 spiro atoms. The maximum atomic E-state index is 12.2. The Labute approximate surface area is 136 Å². The first-order chi connectivity index (χ1) is 10.4. The molecule has 1 saturated carbocycles. The molecular formula is C15H17BrN2O4. The number of carbonyl (C=O) groups excluding carboxylic acids is 2. The normalized spacial score (nSPS) is 15.0. The lowest BCUT2D eigenvalue weighted by atomic mass is 10.2. The van der Waals surface area contributed by atoms with E-state index < -0.39 is 12.0 Å². The quantitative estimate of drug-likeness (QED) is 0.798. The predicted octanol–water partition coefficient (Wildman–Crippen LogP) is 1.64. The average molecular weight is 369 g/mol. The van der Waals surface area contributed by atoms with Crippen LogP contribution in [0.2, 0.25) is 0 Å². The highest BCUT2D eigenvalue weighted by Gasteiger charge is 2.38. The number of benzene rings is 1. The van der Waals surface area contributed by atoms with E-state index in [1.165, 1.54) is 11.8 Å². The number of nitrogens with one attached hydrogen (secondary N) is 1. The van der Waals surface area contributed by atoms with Crippen LogP contribution in [0, 0.1) is 0 Å². The van der Waals surface area contributed by atoms with Gasteiger partial charge < -0.3 is 15.3 Å². The van der Waals surface area contributed by atoms with Gasteiger partial charge in [-0.25, -0.2) is 4.79 Å². The second-order valence-electron chi connectivity index (χ2n) is 5.24. The standard InChI is InChI=1S/C15H17BrN2O4/c1-9(15(21)22)18(12-5-6-12)13(19)8-17-14(20)10-3-2-4-11(16)7-10/h2-4,7,9,12H,5-6,8H2,1H3,(H,17,20)(H,21,22). The van der Waals surface area contributed by atoms with Crippen LogP contribution in [0.3, 0.4) is 0 Å². The summed E-state index contributed by atoms with van der Waals surface area (Å²) < 4.78 is 0.769. The molecule has 6 nitrogen and oxygen atoms in total. The van der Waals surface area contributed by atoms with Crippen molar-refractivity contribution in [1.82, 2.24) is 10.2 Å². The van der Waals surface area contributed by atoms with E-state index in [-0.39, 0.29) is 24.4 Å². The van der Waals surface area contributed by atoms with Crippen molar-refractivity contribution < 1.29 is 19.5 Å². The van der Waals surface area contributed by atoms with Crippen LogP contribution in [-0.4, -0.2) is 46.4 Å². The van der Waals surface area contributed by atoms with Gasteiger partial charge in [-0.05, 0) is 38.0 Å². The first-order valence-corrected chi connectivity index (χ1v) is 7.77. The zero-order valence-corrected chi connectivity index (χ0v) is 13.7. The number of nitrogens with zero attached hydrogens (tertiary/aromatic N) is 1. The Hall–Kier alpha value is -1.89. The number of aliphatic carboxylic acids is 1. The van der Waals surface area contributed by atoms with Gasteiger partial charge in [0.1, 0.15) is 6.04 Å². The van der Waals surface area contributed by atoms with Crippen LogP contribution in [0.1, 0.15) is 30.1 Å². The van der Waals surface area contributed by atoms with Crippen LogP contribution in [0.25, 0.3) is 0 Å². The molecule has 0 radical (unpaired) electrons. The molecule has 2 N–H and O–H groups in total. The minimum Gasteiger partial charge on any atom is -0.480 e. The highest BCUT2D eigenvalue weighted by Crippen LogP contribution is 2.28. The molecule has 0 heterocycles. The number of carboxylic acid groups (broad SMARTS) is 1. The van der Waals surface area contributed by atoms with Crippen LogP contribution in [0.5, 0.6) is 0 Å². The van der Waals surface area contributed by atoms with Gasteiger partial charge in [-0.1, -0.05) is 22.0 Å². The molecule has 1 aliphatic rings. The van der Waals surface area contributed by atoms with E-state index in [1.54, 1.807) is 24.3 Å². The monoisotopic (exact) mass is 368 g/mol. The number of halogens is 1. The summed E-state index contributed by atoms with van der Waals surface area (Å²) in [5, 5.41) is 11.6. The van der Waals surface area contributed by atoms with Crippen molar-refractivity contribution in [3.05, 3.63) is 34.3 Å². The molecule has 118 valence electrons. The molecule has 1 fully saturated rings. The molecule has 1 aromatic carbocycles. The van der Waals surface area contributed by atoms with Gasteiger partial charge in [0.05, 0.1) is 6.54 Å². The molecule has 7 heteroatoms. The third-order valence-corrected chi connectivity index (χ3v) is 3.98. The van der Waals surface area contributed by atoms with E-state index in [0.717, 1.165) is 17.3 Å². The fourth-order valence-electron chi connectivity index (χ4n) is 2.19. The van der Waals surface area contributed by atoms with Gasteiger partial charge in [0.25, 0.3) is 5.91 Å². The van der Waals surface area contributed by atoms with E-state index >= 15 is 0 Å². The highest BCUT2D eigenvalue weighted by atomic mass is 79.9. The Morgan fingerprint density at radius 2 is 2.09 bits per heavy atom. The smallest absolute Gasteiger partial charge is 0.326 e. The number of amides is 2. The molecular weight excluding hydrogens is 352 g/mol. The number of carbonyl (C=O) groups is 3. The molecule has 0 aromatic heterocycles. The summed E-state index contributed by atoms with van der Waals surface area (Å²) in [5.41, 5.74) is 0.437. The molecule has 0 saturated heterocycles. The first kappa shape index (κ1) is 16.5. The molecule has 1 atom stereocenters. The minimum atomic E-state index is -1.04. The van der Waals surface area contributed by atoms with Crippen LogP contribution >= 0.6 is 15.9 Å². The van der Waals surface area contributed by atoms with Crippen molar-refractivity contribution >= 4 is 33.7 Å². The molecule has 2 amide bonds. The van der Waals surface area contributed by atoms with Gasteiger partial charge in [0.2, 0.25) is 5.91 Å². The van der Waals surface area contributed by atoms with Crippen LogP contribution in [0.15, 0.2) is 28.7 Å². The summed E-state index contributed by atoms with van der Waals surface area (Å²) in [6.45, 7) is 1.27. The minimum absolute atomic E-state index is 0.0265. The fraction of sp³-hybridized carbons (Fsp3) is 0.400. The summed E-state index contributed by atoms with van der Waals surface area (Å²) in [5.74, 6) is -1.78. The average Bonchev–Trinajstić information content (AvgIpc) is 3.29. The Bertz CT molecular complexity index is 601. The Morgan fingerprint density at radius 1 is 1.41 bits per heavy atom. The Kier molecular flexibility index (Phi) is 5.18. The summed E-state index contributed by atoms with van der Waals surface area (Å²) in [4.78, 5) is 36.6. The number of hydrogen-bond acceptors (Lipinski definition) is 3. The maximum Gasteiger partial charge on any atom is 0.326 e. The summed E-state index contributed by atoms with van der Waals surface area (Å²) in [6, 6.07) is 5.90. The molecule has 22 heavy (non-hydrogen) atoms. The number of hydrogen-bond donors (Lipinski definition) is 2. The van der Waals surface area contributed by atoms with Crippen molar-refractivity contribution in [3.8, 4) is 0 Å². The van der Waals surface area contributed by atoms with Gasteiger partial charge in [-0.15, -0.1) is 0 Å². The summed E-state index contributed by atoms with van der Waals surface area (Å²) >= 11 is 3.28. The van der Waals surface area contributed by atoms with Crippen molar-refractivity contribution in [3.63, 3.8) is 0 Å². The molecule has 1 aromatic rings. The lowest BCUT2D eigenvalue weighted by molar-refractivity contribution is -0.149. The summed E-state index contributed by atoms with van der Waals surface area (Å²) in [6.07, 6.45) is 1.62. The van der Waals surface area contributed by atoms with Gasteiger partial charge in [0, 0.05) is 16.1 Å². The zero-order valence-electron chi connectivity index (χ0n) is 12.1. The van der Waals surface area contributed by atoms with E-state index in [0.29, 0.717) is 5.56 Å². The van der Waals surface area contributed by atoms with E-state index in [1.807, 2.05) is 0 Å². The molecule has 1 unspecified atom stereocenters. The number of rotatable bonds is 6. The topological polar surface area (TPSA) is 86.7 Å². The third-order valence-electron chi connectivity index (χ3n) is 3.49. The van der Waals surface area contributed by atoms with E-state index in [4.69, 9.17) is 5.11 Å². The SMILES string of the molecule is CC(C(=O)O)N(C(=O)CNC(=O)c1cccc(Br)c1)C1CC1. The van der Waals surface area contributed by atoms with Crippen LogP contribution < -0.4 is 5.32 Å². The first-order valence-electron chi connectivity index (χ1n) is 6.98. The van der Waals surface area contributed by atoms with Gasteiger partial charge in [-0.2, -0.15) is 0 Å². The lowest BCUT2D eigenvalue weighted by Crippen LogP contribution is -2.48. The largest absolute Gasteiger partial charge is 0.480 e. The van der Waals surface area contributed by atoms with Crippen molar-refractivity contribution in [1.29, 1.82) is 0 Å². The van der Waals surface area contributed by atoms with Gasteiger partial charge in [-0.3, -0.25) is 9.59 Å². The predicted molar refractivity (Wildman–Crippen MR) is 83.4 cm³/mol. The molecule has 2 rings (SSSR count). The number of carboxylic acids is 1. The highest BCUT2D eigenvalue weighted by molar-refractivity contribution is 9.10. The van der Waals surface area contributed by atoms with E-state index in [9.17, 15) is 14.4 Å². The zero-order chi connectivity index (χ0) is 16.3. The van der Waals surface area contributed by atoms with Gasteiger partial charge >= 0.3 is 5.97 Å². The third kappa shape index (κ3) is 4.07. The second-order valence-corrected chi connectivity index (χ2v) is 6.16. The Balaban J connectivity index is 1.96. The summed E-state index contributed by atoms with van der Waals surface area (Å²) in [7, 11) is 0. The van der Waals surface area contributed by atoms with Crippen LogP contribution in [0.4, 0.5) is 0 Å². The van der Waals surface area contributed by atoms with Crippen LogP contribution in [-0.2, 0) is 9.59 Å². The maximum absolute atomic E-state index is 12.2. The second kappa shape index (κ2) is 6.91. The fourth-order valence-corrected chi connectivity index (χ4v) is 2.59. The van der Waals surface area contributed by atoms with Gasteiger partial charge in [0.15, 0.2) is 0 Å². The molecule has 0 bridgehead atoms.